The topological polar surface area (TPSA) is 88.0 Å². The lowest BCUT2D eigenvalue weighted by atomic mass is 10.2. The quantitative estimate of drug-likeness (QED) is 0.642. The predicted octanol–water partition coefficient (Wildman–Crippen LogP) is 3.73. The molecule has 1 saturated heterocycles. The lowest BCUT2D eigenvalue weighted by molar-refractivity contribution is 0.122. The first-order valence-corrected chi connectivity index (χ1v) is 10.4. The number of carboxylic acid groups (broad SMARTS) is 1. The largest absolute Gasteiger partial charge is 0.497 e. The van der Waals surface area contributed by atoms with Gasteiger partial charge in [-0.2, -0.15) is 0 Å². The number of aromatic nitrogens is 2. The summed E-state index contributed by atoms with van der Waals surface area (Å²) in [5, 5.41) is 12.0. The monoisotopic (exact) mass is 426 g/mol. The van der Waals surface area contributed by atoms with Crippen LogP contribution < -0.4 is 14.5 Å². The van der Waals surface area contributed by atoms with E-state index in [4.69, 9.17) is 9.47 Å². The Balaban J connectivity index is 1.50. The van der Waals surface area contributed by atoms with E-state index in [2.05, 4.69) is 14.9 Å². The number of anilines is 2. The number of ether oxygens (including phenoxy) is 2. The highest BCUT2D eigenvalue weighted by Gasteiger charge is 2.20. The number of morpholine rings is 1. The van der Waals surface area contributed by atoms with Gasteiger partial charge < -0.3 is 19.5 Å². The van der Waals surface area contributed by atoms with Gasteiger partial charge in [0.2, 0.25) is 0 Å². The summed E-state index contributed by atoms with van der Waals surface area (Å²) >= 11 is 1.29. The molecule has 1 amide bonds. The molecule has 1 aliphatic rings. The lowest BCUT2D eigenvalue weighted by Crippen LogP contribution is -2.36. The van der Waals surface area contributed by atoms with Crippen molar-refractivity contribution in [1.82, 2.24) is 9.97 Å². The third-order valence-corrected chi connectivity index (χ3v) is 5.70. The molecule has 0 bridgehead atoms. The van der Waals surface area contributed by atoms with E-state index < -0.39 is 6.09 Å². The Bertz CT molecular complexity index is 985. The number of thiazole rings is 1. The van der Waals surface area contributed by atoms with Crippen LogP contribution in [-0.4, -0.2) is 54.6 Å². The normalized spacial score (nSPS) is 13.8. The number of rotatable bonds is 6. The fraction of sp³-hybridized carbons (Fsp3) is 0.286. The molecule has 0 radical (unpaired) electrons. The molecule has 9 heteroatoms. The van der Waals surface area contributed by atoms with Gasteiger partial charge in [-0.1, -0.05) is 12.1 Å². The number of pyridine rings is 1. The Kier molecular flexibility index (Phi) is 6.10. The maximum atomic E-state index is 11.8. The molecule has 3 aromatic rings. The van der Waals surface area contributed by atoms with Crippen LogP contribution in [0.15, 0.2) is 48.0 Å². The molecule has 0 saturated carbocycles. The van der Waals surface area contributed by atoms with Crippen molar-refractivity contribution in [3.8, 4) is 17.0 Å². The standard InChI is InChI=1S/C21H22N4O4S/c1-28-17-5-2-15(3-6-17)13-25(21(26)27)20-23-18(14-30-20)16-4-7-19(22-12-16)24-8-10-29-11-9-24/h2-7,12,14H,8-11,13H2,1H3,(H,26,27). The van der Waals surface area contributed by atoms with Gasteiger partial charge in [0.1, 0.15) is 11.6 Å². The van der Waals surface area contributed by atoms with Crippen molar-refractivity contribution in [1.29, 1.82) is 0 Å². The van der Waals surface area contributed by atoms with Gasteiger partial charge in [-0.3, -0.25) is 0 Å². The molecule has 4 rings (SSSR count). The second-order valence-corrected chi connectivity index (χ2v) is 7.57. The van der Waals surface area contributed by atoms with Gasteiger partial charge in [-0.05, 0) is 29.8 Å². The van der Waals surface area contributed by atoms with Gasteiger partial charge >= 0.3 is 6.09 Å². The molecular formula is C21H22N4O4S. The van der Waals surface area contributed by atoms with Crippen molar-refractivity contribution in [2.24, 2.45) is 0 Å². The van der Waals surface area contributed by atoms with E-state index in [9.17, 15) is 9.90 Å². The number of benzene rings is 1. The van der Waals surface area contributed by atoms with E-state index in [1.54, 1.807) is 13.3 Å². The SMILES string of the molecule is COc1ccc(CN(C(=O)O)c2nc(-c3ccc(N4CCOCC4)nc3)cs2)cc1. The third kappa shape index (κ3) is 4.52. The number of nitrogens with zero attached hydrogens (tertiary/aromatic N) is 4. The van der Waals surface area contributed by atoms with E-state index in [-0.39, 0.29) is 6.54 Å². The molecule has 1 aromatic carbocycles. The highest BCUT2D eigenvalue weighted by molar-refractivity contribution is 7.14. The van der Waals surface area contributed by atoms with Crippen molar-refractivity contribution >= 4 is 28.4 Å². The fourth-order valence-corrected chi connectivity index (χ4v) is 4.00. The van der Waals surface area contributed by atoms with E-state index in [0.29, 0.717) is 24.0 Å². The molecule has 0 atom stereocenters. The van der Waals surface area contributed by atoms with Gasteiger partial charge in [0.05, 0.1) is 32.6 Å². The van der Waals surface area contributed by atoms with E-state index in [0.717, 1.165) is 35.8 Å². The second kappa shape index (κ2) is 9.10. The summed E-state index contributed by atoms with van der Waals surface area (Å²) < 4.78 is 10.5. The molecule has 156 valence electrons. The number of hydrogen-bond donors (Lipinski definition) is 1. The van der Waals surface area contributed by atoms with Crippen LogP contribution in [0, 0.1) is 0 Å². The molecule has 30 heavy (non-hydrogen) atoms. The van der Waals surface area contributed by atoms with Crippen LogP contribution in [0.2, 0.25) is 0 Å². The molecule has 0 unspecified atom stereocenters. The van der Waals surface area contributed by atoms with Gasteiger partial charge in [0, 0.05) is 30.2 Å². The van der Waals surface area contributed by atoms with Crippen LogP contribution in [0.4, 0.5) is 15.7 Å². The Labute approximate surface area is 178 Å². The van der Waals surface area contributed by atoms with Gasteiger partial charge in [0.15, 0.2) is 5.13 Å². The summed E-state index contributed by atoms with van der Waals surface area (Å²) in [6, 6.07) is 11.2. The molecule has 1 fully saturated rings. The van der Waals surface area contributed by atoms with Crippen molar-refractivity contribution in [3.63, 3.8) is 0 Å². The first kappa shape index (κ1) is 20.1. The molecule has 2 aromatic heterocycles. The number of methoxy groups -OCH3 is 1. The summed E-state index contributed by atoms with van der Waals surface area (Å²) in [5.74, 6) is 1.63. The average molecular weight is 426 g/mol. The first-order chi connectivity index (χ1) is 14.6. The van der Waals surface area contributed by atoms with Crippen LogP contribution in [0.1, 0.15) is 5.56 Å². The van der Waals surface area contributed by atoms with Crippen LogP contribution in [0.3, 0.4) is 0 Å². The van der Waals surface area contributed by atoms with E-state index in [1.807, 2.05) is 41.8 Å². The molecular weight excluding hydrogens is 404 g/mol. The molecule has 3 heterocycles. The molecule has 8 nitrogen and oxygen atoms in total. The minimum Gasteiger partial charge on any atom is -0.497 e. The number of amides is 1. The Morgan fingerprint density at radius 2 is 2.00 bits per heavy atom. The van der Waals surface area contributed by atoms with Gasteiger partial charge in [0.25, 0.3) is 0 Å². The molecule has 1 aliphatic heterocycles. The average Bonchev–Trinajstić information content (AvgIpc) is 3.28. The minimum atomic E-state index is -1.05. The zero-order valence-electron chi connectivity index (χ0n) is 16.5. The summed E-state index contributed by atoms with van der Waals surface area (Å²) in [7, 11) is 1.60. The van der Waals surface area contributed by atoms with Crippen LogP contribution >= 0.6 is 11.3 Å². The zero-order valence-corrected chi connectivity index (χ0v) is 17.3. The maximum Gasteiger partial charge on any atom is 0.413 e. The maximum absolute atomic E-state index is 11.8. The van der Waals surface area contributed by atoms with Crippen LogP contribution in [0.25, 0.3) is 11.3 Å². The minimum absolute atomic E-state index is 0.209. The van der Waals surface area contributed by atoms with E-state index in [1.165, 1.54) is 16.2 Å². The molecule has 0 spiro atoms. The van der Waals surface area contributed by atoms with Gasteiger partial charge in [-0.15, -0.1) is 11.3 Å². The number of hydrogen-bond acceptors (Lipinski definition) is 7. The van der Waals surface area contributed by atoms with Crippen LogP contribution in [-0.2, 0) is 11.3 Å². The smallest absolute Gasteiger partial charge is 0.413 e. The van der Waals surface area contributed by atoms with Crippen molar-refractivity contribution in [3.05, 3.63) is 53.5 Å². The summed E-state index contributed by atoms with van der Waals surface area (Å²) in [4.78, 5) is 24.3. The number of carbonyl (C=O) groups is 1. The van der Waals surface area contributed by atoms with Crippen LogP contribution in [0.5, 0.6) is 5.75 Å². The van der Waals surface area contributed by atoms with Crippen molar-refractivity contribution < 1.29 is 19.4 Å². The first-order valence-electron chi connectivity index (χ1n) is 9.52. The predicted molar refractivity (Wildman–Crippen MR) is 116 cm³/mol. The van der Waals surface area contributed by atoms with Crippen molar-refractivity contribution in [2.75, 3.05) is 43.2 Å². The third-order valence-electron chi connectivity index (χ3n) is 4.83. The zero-order chi connectivity index (χ0) is 20.9. The van der Waals surface area contributed by atoms with Crippen molar-refractivity contribution in [2.45, 2.75) is 6.54 Å². The van der Waals surface area contributed by atoms with Gasteiger partial charge in [-0.25, -0.2) is 19.7 Å². The molecule has 0 aliphatic carbocycles. The Morgan fingerprint density at radius 3 is 2.63 bits per heavy atom. The summed E-state index contributed by atoms with van der Waals surface area (Å²) in [5.41, 5.74) is 2.41. The Hall–Kier alpha value is -3.17. The highest BCUT2D eigenvalue weighted by Crippen LogP contribution is 2.29. The lowest BCUT2D eigenvalue weighted by Gasteiger charge is -2.27. The molecule has 1 N–H and O–H groups in total. The van der Waals surface area contributed by atoms with E-state index >= 15 is 0 Å². The second-order valence-electron chi connectivity index (χ2n) is 6.74. The Morgan fingerprint density at radius 1 is 1.23 bits per heavy atom. The fourth-order valence-electron chi connectivity index (χ4n) is 3.17. The summed E-state index contributed by atoms with van der Waals surface area (Å²) in [6.07, 6.45) is 0.727. The highest BCUT2D eigenvalue weighted by atomic mass is 32.1. The summed E-state index contributed by atoms with van der Waals surface area (Å²) in [6.45, 7) is 3.27.